The van der Waals surface area contributed by atoms with Gasteiger partial charge in [0.05, 0.1) is 5.41 Å². The molecule has 0 bridgehead atoms. The van der Waals surface area contributed by atoms with E-state index in [0.29, 0.717) is 6.54 Å². The molecule has 1 aliphatic rings. The van der Waals surface area contributed by atoms with Gasteiger partial charge in [-0.15, -0.1) is 12.4 Å². The summed E-state index contributed by atoms with van der Waals surface area (Å²) < 4.78 is 0. The highest BCUT2D eigenvalue weighted by Gasteiger charge is 2.36. The Hall–Kier alpha value is -1.06. The molecular weight excluding hydrogens is 248 g/mol. The van der Waals surface area contributed by atoms with Crippen molar-refractivity contribution in [2.24, 2.45) is 5.73 Å². The van der Waals surface area contributed by atoms with E-state index in [9.17, 15) is 4.79 Å². The second-order valence-corrected chi connectivity index (χ2v) is 5.29. The van der Waals surface area contributed by atoms with Crippen molar-refractivity contribution >= 4 is 18.3 Å². The van der Waals surface area contributed by atoms with E-state index in [4.69, 9.17) is 5.73 Å². The van der Waals surface area contributed by atoms with Gasteiger partial charge in [0.15, 0.2) is 0 Å². The lowest BCUT2D eigenvalue weighted by molar-refractivity contribution is -0.135. The molecule has 2 rings (SSSR count). The molecule has 18 heavy (non-hydrogen) atoms. The third-order valence-corrected chi connectivity index (χ3v) is 3.54. The van der Waals surface area contributed by atoms with E-state index >= 15 is 0 Å². The van der Waals surface area contributed by atoms with E-state index in [1.807, 2.05) is 49.1 Å². The maximum absolute atomic E-state index is 12.5. The van der Waals surface area contributed by atoms with Crippen molar-refractivity contribution in [3.63, 3.8) is 0 Å². The Bertz CT molecular complexity index is 406. The number of amides is 1. The van der Waals surface area contributed by atoms with Crippen molar-refractivity contribution in [1.29, 1.82) is 0 Å². The molecule has 0 aliphatic carbocycles. The summed E-state index contributed by atoms with van der Waals surface area (Å²) in [5.41, 5.74) is 6.44. The number of nitrogens with two attached hydrogens (primary N) is 1. The topological polar surface area (TPSA) is 46.3 Å². The zero-order valence-electron chi connectivity index (χ0n) is 10.9. The monoisotopic (exact) mass is 268 g/mol. The summed E-state index contributed by atoms with van der Waals surface area (Å²) in [7, 11) is 0. The van der Waals surface area contributed by atoms with Crippen molar-refractivity contribution in [3.8, 4) is 0 Å². The van der Waals surface area contributed by atoms with Gasteiger partial charge >= 0.3 is 0 Å². The number of hydrogen-bond acceptors (Lipinski definition) is 2. The van der Waals surface area contributed by atoms with Crippen LogP contribution < -0.4 is 5.73 Å². The van der Waals surface area contributed by atoms with Crippen molar-refractivity contribution in [1.82, 2.24) is 4.90 Å². The van der Waals surface area contributed by atoms with E-state index in [2.05, 4.69) is 0 Å². The molecule has 4 heteroatoms. The molecule has 0 aromatic heterocycles. The van der Waals surface area contributed by atoms with Crippen LogP contribution in [0.3, 0.4) is 0 Å². The van der Waals surface area contributed by atoms with Crippen LogP contribution in [0.4, 0.5) is 0 Å². The number of carbonyl (C=O) groups is 1. The summed E-state index contributed by atoms with van der Waals surface area (Å²) in [6.45, 7) is 5.44. The molecule has 1 saturated heterocycles. The summed E-state index contributed by atoms with van der Waals surface area (Å²) in [6, 6.07) is 10.1. The van der Waals surface area contributed by atoms with Gasteiger partial charge < -0.3 is 10.6 Å². The zero-order valence-corrected chi connectivity index (χ0v) is 11.7. The van der Waals surface area contributed by atoms with Crippen LogP contribution in [-0.4, -0.2) is 29.9 Å². The third kappa shape index (κ3) is 2.85. The first kappa shape index (κ1) is 15.0. The van der Waals surface area contributed by atoms with E-state index in [1.165, 1.54) is 0 Å². The molecule has 1 aromatic rings. The standard InChI is InChI=1S/C14H20N2O.ClH/c1-14(2,11-6-4-3-5-7-11)13(17)16-9-8-12(15)10-16;/h3-7,12H,8-10,15H2,1-2H3;1H. The summed E-state index contributed by atoms with van der Waals surface area (Å²) in [5.74, 6) is 0.177. The largest absolute Gasteiger partial charge is 0.340 e. The Morgan fingerprint density at radius 2 is 1.94 bits per heavy atom. The highest BCUT2D eigenvalue weighted by molar-refractivity contribution is 5.87. The van der Waals surface area contributed by atoms with Gasteiger partial charge in [0, 0.05) is 19.1 Å². The normalized spacial score (nSPS) is 19.5. The van der Waals surface area contributed by atoms with Gasteiger partial charge in [0.2, 0.25) is 5.91 Å². The van der Waals surface area contributed by atoms with Crippen LogP contribution in [0.25, 0.3) is 0 Å². The van der Waals surface area contributed by atoms with Gasteiger partial charge in [-0.05, 0) is 25.8 Å². The van der Waals surface area contributed by atoms with E-state index in [0.717, 1.165) is 18.5 Å². The maximum Gasteiger partial charge on any atom is 0.232 e. The Balaban J connectivity index is 0.00000162. The number of rotatable bonds is 2. The molecule has 0 spiro atoms. The first-order valence-corrected chi connectivity index (χ1v) is 6.12. The predicted octanol–water partition coefficient (Wildman–Crippen LogP) is 1.95. The Morgan fingerprint density at radius 3 is 2.44 bits per heavy atom. The molecule has 1 atom stereocenters. The molecule has 1 aliphatic heterocycles. The fourth-order valence-corrected chi connectivity index (χ4v) is 2.35. The van der Waals surface area contributed by atoms with Gasteiger partial charge in [0.1, 0.15) is 0 Å². The molecule has 0 radical (unpaired) electrons. The molecule has 1 amide bonds. The number of halogens is 1. The van der Waals surface area contributed by atoms with Crippen LogP contribution >= 0.6 is 12.4 Å². The van der Waals surface area contributed by atoms with Crippen molar-refractivity contribution in [2.45, 2.75) is 31.7 Å². The SMILES string of the molecule is CC(C)(C(=O)N1CCC(N)C1)c1ccccc1.Cl. The Morgan fingerprint density at radius 1 is 1.33 bits per heavy atom. The smallest absolute Gasteiger partial charge is 0.232 e. The lowest BCUT2D eigenvalue weighted by atomic mass is 9.83. The first-order chi connectivity index (χ1) is 8.01. The fourth-order valence-electron chi connectivity index (χ4n) is 2.35. The average molecular weight is 269 g/mol. The quantitative estimate of drug-likeness (QED) is 0.891. The summed E-state index contributed by atoms with van der Waals surface area (Å²) in [5, 5.41) is 0. The van der Waals surface area contributed by atoms with Crippen LogP contribution in [0.1, 0.15) is 25.8 Å². The molecule has 100 valence electrons. The molecule has 1 unspecified atom stereocenters. The lowest BCUT2D eigenvalue weighted by Crippen LogP contribution is -2.43. The third-order valence-electron chi connectivity index (χ3n) is 3.54. The molecular formula is C14H21ClN2O. The van der Waals surface area contributed by atoms with Crippen molar-refractivity contribution in [3.05, 3.63) is 35.9 Å². The van der Waals surface area contributed by atoms with E-state index < -0.39 is 5.41 Å². The number of benzene rings is 1. The molecule has 1 aromatic carbocycles. The predicted molar refractivity (Wildman–Crippen MR) is 75.9 cm³/mol. The molecule has 0 saturated carbocycles. The van der Waals surface area contributed by atoms with Crippen LogP contribution in [-0.2, 0) is 10.2 Å². The Labute approximate surface area is 115 Å². The highest BCUT2D eigenvalue weighted by atomic mass is 35.5. The van der Waals surface area contributed by atoms with Crippen LogP contribution in [0.2, 0.25) is 0 Å². The minimum Gasteiger partial charge on any atom is -0.340 e. The highest BCUT2D eigenvalue weighted by Crippen LogP contribution is 2.27. The van der Waals surface area contributed by atoms with Crippen LogP contribution in [0, 0.1) is 0 Å². The number of carbonyl (C=O) groups excluding carboxylic acids is 1. The van der Waals surface area contributed by atoms with Crippen LogP contribution in [0.5, 0.6) is 0 Å². The number of nitrogens with zero attached hydrogens (tertiary/aromatic N) is 1. The van der Waals surface area contributed by atoms with Crippen LogP contribution in [0.15, 0.2) is 30.3 Å². The lowest BCUT2D eigenvalue weighted by Gasteiger charge is -2.29. The van der Waals surface area contributed by atoms with Gasteiger partial charge in [-0.2, -0.15) is 0 Å². The minimum absolute atomic E-state index is 0. The van der Waals surface area contributed by atoms with Gasteiger partial charge in [-0.25, -0.2) is 0 Å². The summed E-state index contributed by atoms with van der Waals surface area (Å²) in [4.78, 5) is 14.4. The molecule has 1 heterocycles. The second-order valence-electron chi connectivity index (χ2n) is 5.29. The number of likely N-dealkylation sites (tertiary alicyclic amines) is 1. The Kier molecular flexibility index (Phi) is 4.77. The molecule has 1 fully saturated rings. The summed E-state index contributed by atoms with van der Waals surface area (Å²) in [6.07, 6.45) is 0.913. The first-order valence-electron chi connectivity index (χ1n) is 6.12. The molecule has 2 N–H and O–H groups in total. The van der Waals surface area contributed by atoms with Gasteiger partial charge in [0.25, 0.3) is 0 Å². The van der Waals surface area contributed by atoms with Gasteiger partial charge in [-0.3, -0.25) is 4.79 Å². The second kappa shape index (κ2) is 5.72. The van der Waals surface area contributed by atoms with E-state index in [-0.39, 0.29) is 24.4 Å². The average Bonchev–Trinajstić information content (AvgIpc) is 2.76. The minimum atomic E-state index is -0.467. The van der Waals surface area contributed by atoms with E-state index in [1.54, 1.807) is 0 Å². The van der Waals surface area contributed by atoms with Crippen molar-refractivity contribution in [2.75, 3.05) is 13.1 Å². The van der Waals surface area contributed by atoms with Gasteiger partial charge in [-0.1, -0.05) is 30.3 Å². The maximum atomic E-state index is 12.5. The van der Waals surface area contributed by atoms with Crippen molar-refractivity contribution < 1.29 is 4.79 Å². The fraction of sp³-hybridized carbons (Fsp3) is 0.500. The summed E-state index contributed by atoms with van der Waals surface area (Å²) >= 11 is 0. The molecule has 3 nitrogen and oxygen atoms in total. The number of hydrogen-bond donors (Lipinski definition) is 1. The zero-order chi connectivity index (χ0) is 12.5.